The van der Waals surface area contributed by atoms with Crippen molar-refractivity contribution in [1.82, 2.24) is 4.31 Å². The summed E-state index contributed by atoms with van der Waals surface area (Å²) in [7, 11) is -2.21. The molecular formula is C14H22N2O4S. The molecule has 6 nitrogen and oxygen atoms in total. The summed E-state index contributed by atoms with van der Waals surface area (Å²) >= 11 is 0. The highest BCUT2D eigenvalue weighted by Gasteiger charge is 2.34. The molecular weight excluding hydrogens is 292 g/mol. The van der Waals surface area contributed by atoms with E-state index >= 15 is 0 Å². The molecule has 2 unspecified atom stereocenters. The summed E-state index contributed by atoms with van der Waals surface area (Å²) in [5.74, 6) is 0.313. The normalized spacial score (nSPS) is 24.0. The average Bonchev–Trinajstić information content (AvgIpc) is 2.40. The van der Waals surface area contributed by atoms with Gasteiger partial charge in [0.1, 0.15) is 10.6 Å². The molecule has 0 bridgehead atoms. The van der Waals surface area contributed by atoms with Crippen molar-refractivity contribution in [1.29, 1.82) is 0 Å². The van der Waals surface area contributed by atoms with Gasteiger partial charge in [-0.2, -0.15) is 4.31 Å². The van der Waals surface area contributed by atoms with Gasteiger partial charge in [0.2, 0.25) is 10.0 Å². The number of methoxy groups -OCH3 is 1. The molecule has 0 aliphatic carbocycles. The molecule has 118 valence electrons. The fourth-order valence-corrected chi connectivity index (χ4v) is 4.27. The van der Waals surface area contributed by atoms with Gasteiger partial charge in [-0.3, -0.25) is 0 Å². The van der Waals surface area contributed by atoms with Crippen molar-refractivity contribution >= 4 is 15.7 Å². The maximum atomic E-state index is 12.9. The fraction of sp³-hybridized carbons (Fsp3) is 0.571. The van der Waals surface area contributed by atoms with Crippen molar-refractivity contribution in [3.63, 3.8) is 0 Å². The number of sulfonamides is 1. The Morgan fingerprint density at radius 2 is 1.86 bits per heavy atom. The fourth-order valence-electron chi connectivity index (χ4n) is 2.50. The maximum Gasteiger partial charge on any atom is 0.247 e. The Morgan fingerprint density at radius 3 is 2.38 bits per heavy atom. The number of nitrogens with zero attached hydrogens (tertiary/aromatic N) is 1. The molecule has 0 saturated carbocycles. The first-order chi connectivity index (χ1) is 9.75. The van der Waals surface area contributed by atoms with Crippen molar-refractivity contribution in [2.24, 2.45) is 0 Å². The van der Waals surface area contributed by atoms with E-state index in [1.54, 1.807) is 6.07 Å². The Kier molecular flexibility index (Phi) is 4.46. The van der Waals surface area contributed by atoms with E-state index in [0.717, 1.165) is 5.56 Å². The van der Waals surface area contributed by atoms with Gasteiger partial charge in [0.25, 0.3) is 0 Å². The number of ether oxygens (including phenoxy) is 2. The largest absolute Gasteiger partial charge is 0.495 e. The topological polar surface area (TPSA) is 81.9 Å². The zero-order chi connectivity index (χ0) is 15.8. The summed E-state index contributed by atoms with van der Waals surface area (Å²) in [4.78, 5) is 0.106. The molecule has 1 aromatic carbocycles. The molecule has 0 radical (unpaired) electrons. The molecule has 2 atom stereocenters. The van der Waals surface area contributed by atoms with Crippen LogP contribution in [0.15, 0.2) is 17.0 Å². The highest BCUT2D eigenvalue weighted by atomic mass is 32.2. The highest BCUT2D eigenvalue weighted by molar-refractivity contribution is 7.89. The monoisotopic (exact) mass is 314 g/mol. The lowest BCUT2D eigenvalue weighted by Gasteiger charge is -2.34. The predicted octanol–water partition coefficient (Wildman–Crippen LogP) is 1.38. The van der Waals surface area contributed by atoms with Crippen molar-refractivity contribution in [2.75, 3.05) is 25.9 Å². The number of morpholine rings is 1. The van der Waals surface area contributed by atoms with Crippen LogP contribution in [0.2, 0.25) is 0 Å². The van der Waals surface area contributed by atoms with Gasteiger partial charge < -0.3 is 15.2 Å². The third-order valence-corrected chi connectivity index (χ3v) is 5.41. The number of anilines is 1. The maximum absolute atomic E-state index is 12.9. The summed E-state index contributed by atoms with van der Waals surface area (Å²) in [6.07, 6.45) is -0.283. The van der Waals surface area contributed by atoms with Crippen LogP contribution in [0.4, 0.5) is 5.69 Å². The Labute approximate surface area is 125 Å². The summed E-state index contributed by atoms with van der Waals surface area (Å²) in [5.41, 5.74) is 7.08. The number of hydrogen-bond donors (Lipinski definition) is 1. The third kappa shape index (κ3) is 3.14. The van der Waals surface area contributed by atoms with Gasteiger partial charge in [0.15, 0.2) is 0 Å². The quantitative estimate of drug-likeness (QED) is 0.853. The van der Waals surface area contributed by atoms with Gasteiger partial charge in [-0.25, -0.2) is 8.42 Å². The summed E-state index contributed by atoms with van der Waals surface area (Å²) in [5, 5.41) is 0. The van der Waals surface area contributed by atoms with Crippen molar-refractivity contribution < 1.29 is 17.9 Å². The second-order valence-electron chi connectivity index (χ2n) is 5.44. The SMILES string of the molecule is COc1cc(C)c(N)cc1S(=O)(=O)N1CC(C)OC(C)C1. The summed E-state index contributed by atoms with van der Waals surface area (Å²) in [6, 6.07) is 3.11. The van der Waals surface area contributed by atoms with Crippen molar-refractivity contribution in [3.05, 3.63) is 17.7 Å². The van der Waals surface area contributed by atoms with Crippen LogP contribution >= 0.6 is 0 Å². The van der Waals surface area contributed by atoms with Crippen LogP contribution in [-0.4, -0.2) is 45.1 Å². The van der Waals surface area contributed by atoms with Gasteiger partial charge in [0.05, 0.1) is 19.3 Å². The molecule has 1 heterocycles. The minimum Gasteiger partial charge on any atom is -0.495 e. The van der Waals surface area contributed by atoms with Crippen LogP contribution in [0.3, 0.4) is 0 Å². The zero-order valence-corrected chi connectivity index (χ0v) is 13.6. The van der Waals surface area contributed by atoms with E-state index in [1.165, 1.54) is 17.5 Å². The second-order valence-corrected chi connectivity index (χ2v) is 7.35. The van der Waals surface area contributed by atoms with E-state index in [2.05, 4.69) is 0 Å². The smallest absolute Gasteiger partial charge is 0.247 e. The van der Waals surface area contributed by atoms with Crippen LogP contribution in [0, 0.1) is 6.92 Å². The van der Waals surface area contributed by atoms with E-state index in [4.69, 9.17) is 15.2 Å². The molecule has 2 rings (SSSR count). The predicted molar refractivity (Wildman–Crippen MR) is 80.9 cm³/mol. The molecule has 1 aliphatic heterocycles. The van der Waals surface area contributed by atoms with E-state index < -0.39 is 10.0 Å². The lowest BCUT2D eigenvalue weighted by atomic mass is 10.2. The number of aryl methyl sites for hydroxylation is 1. The lowest BCUT2D eigenvalue weighted by Crippen LogP contribution is -2.48. The number of nitrogens with two attached hydrogens (primary N) is 1. The van der Waals surface area contributed by atoms with Gasteiger partial charge in [-0.05, 0) is 38.5 Å². The molecule has 1 fully saturated rings. The molecule has 0 spiro atoms. The van der Waals surface area contributed by atoms with Gasteiger partial charge >= 0.3 is 0 Å². The minimum absolute atomic E-state index is 0.106. The highest BCUT2D eigenvalue weighted by Crippen LogP contribution is 2.32. The number of rotatable bonds is 3. The standard InChI is InChI=1S/C14H22N2O4S/c1-9-5-13(19-4)14(6-12(9)15)21(17,18)16-7-10(2)20-11(3)8-16/h5-6,10-11H,7-8,15H2,1-4H3. The van der Waals surface area contributed by atoms with Gasteiger partial charge in [-0.15, -0.1) is 0 Å². The molecule has 1 saturated heterocycles. The van der Waals surface area contributed by atoms with E-state index in [9.17, 15) is 8.42 Å². The van der Waals surface area contributed by atoms with Crippen LogP contribution in [0.5, 0.6) is 5.75 Å². The average molecular weight is 314 g/mol. The van der Waals surface area contributed by atoms with Crippen molar-refractivity contribution in [3.8, 4) is 5.75 Å². The number of nitrogen functional groups attached to an aromatic ring is 1. The number of benzene rings is 1. The molecule has 7 heteroatoms. The molecule has 0 amide bonds. The van der Waals surface area contributed by atoms with Gasteiger partial charge in [-0.1, -0.05) is 0 Å². The third-order valence-electron chi connectivity index (χ3n) is 3.56. The summed E-state index contributed by atoms with van der Waals surface area (Å²) < 4.78 is 37.9. The molecule has 2 N–H and O–H groups in total. The van der Waals surface area contributed by atoms with E-state index in [0.29, 0.717) is 24.5 Å². The Bertz CT molecular complexity index is 620. The molecule has 1 aliphatic rings. The van der Waals surface area contributed by atoms with E-state index in [1.807, 2.05) is 20.8 Å². The van der Waals surface area contributed by atoms with Crippen LogP contribution < -0.4 is 10.5 Å². The zero-order valence-electron chi connectivity index (χ0n) is 12.8. The molecule has 0 aromatic heterocycles. The molecule has 1 aromatic rings. The Balaban J connectivity index is 2.46. The first kappa shape index (κ1) is 16.1. The Hall–Kier alpha value is -1.31. The first-order valence-corrected chi connectivity index (χ1v) is 8.29. The van der Waals surface area contributed by atoms with Gasteiger partial charge in [0, 0.05) is 18.8 Å². The minimum atomic E-state index is -3.66. The lowest BCUT2D eigenvalue weighted by molar-refractivity contribution is -0.0441. The van der Waals surface area contributed by atoms with E-state index in [-0.39, 0.29) is 17.1 Å². The van der Waals surface area contributed by atoms with Crippen LogP contribution in [-0.2, 0) is 14.8 Å². The summed E-state index contributed by atoms with van der Waals surface area (Å²) in [6.45, 7) is 6.18. The van der Waals surface area contributed by atoms with Crippen LogP contribution in [0.1, 0.15) is 19.4 Å². The van der Waals surface area contributed by atoms with Crippen molar-refractivity contribution in [2.45, 2.75) is 37.9 Å². The number of hydrogen-bond acceptors (Lipinski definition) is 5. The van der Waals surface area contributed by atoms with Crippen LogP contribution in [0.25, 0.3) is 0 Å². The molecule has 21 heavy (non-hydrogen) atoms. The Morgan fingerprint density at radius 1 is 1.29 bits per heavy atom. The second kappa shape index (κ2) is 5.82. The first-order valence-electron chi connectivity index (χ1n) is 6.85.